The van der Waals surface area contributed by atoms with Crippen LogP contribution in [0, 0.1) is 0 Å². The molecule has 1 aliphatic heterocycles. The maximum atomic E-state index is 12.0. The Morgan fingerprint density at radius 3 is 2.52 bits per heavy atom. The highest BCUT2D eigenvalue weighted by Crippen LogP contribution is 2.22. The molecule has 0 aliphatic carbocycles. The Hall–Kier alpha value is -2.53. The number of fused-ring (bicyclic) bond motifs is 1. The highest BCUT2D eigenvalue weighted by molar-refractivity contribution is 7.90. The molecule has 0 N–H and O–H groups in total. The minimum absolute atomic E-state index is 0.214. The normalized spacial score (nSPS) is 15.8. The minimum Gasteiger partial charge on any atom is -0.378 e. The molecule has 132 valence electrons. The summed E-state index contributed by atoms with van der Waals surface area (Å²) in [5.41, 5.74) is 1.70. The van der Waals surface area contributed by atoms with Crippen LogP contribution >= 0.6 is 0 Å². The first kappa shape index (κ1) is 16.0. The van der Waals surface area contributed by atoms with Crippen molar-refractivity contribution in [1.82, 2.24) is 29.4 Å². The van der Waals surface area contributed by atoms with Crippen LogP contribution in [0.1, 0.15) is 0 Å². The van der Waals surface area contributed by atoms with Crippen LogP contribution in [-0.4, -0.2) is 70.3 Å². The Morgan fingerprint density at radius 2 is 1.88 bits per heavy atom. The van der Waals surface area contributed by atoms with Crippen LogP contribution in [0.5, 0.6) is 0 Å². The Balaban J connectivity index is 1.91. The average Bonchev–Trinajstić information content (AvgIpc) is 3.19. The van der Waals surface area contributed by atoms with Crippen molar-refractivity contribution >= 4 is 21.4 Å². The molecule has 25 heavy (non-hydrogen) atoms. The third-order valence-corrected chi connectivity index (χ3v) is 4.73. The molecule has 1 saturated heterocycles. The summed E-state index contributed by atoms with van der Waals surface area (Å²) in [5, 5.41) is 8.65. The molecule has 1 fully saturated rings. The Kier molecular flexibility index (Phi) is 3.69. The molecule has 0 amide bonds. The van der Waals surface area contributed by atoms with Crippen molar-refractivity contribution in [1.29, 1.82) is 0 Å². The second-order valence-corrected chi connectivity index (χ2v) is 7.76. The monoisotopic (exact) mass is 363 g/mol. The quantitative estimate of drug-likeness (QED) is 0.628. The number of hydrogen-bond donors (Lipinski definition) is 0. The van der Waals surface area contributed by atoms with Crippen LogP contribution in [0.4, 0.5) is 5.95 Å². The van der Waals surface area contributed by atoms with Gasteiger partial charge in [-0.15, -0.1) is 0 Å². The smallest absolute Gasteiger partial charge is 0.252 e. The SMILES string of the molecule is Cn1ccc(-c2cc3nc(S(C)(=O)=O)nc(N4CCOCC4)n3n2)n1. The van der Waals surface area contributed by atoms with Gasteiger partial charge in [0.15, 0.2) is 5.65 Å². The summed E-state index contributed by atoms with van der Waals surface area (Å²) < 4.78 is 32.6. The van der Waals surface area contributed by atoms with Crippen LogP contribution in [-0.2, 0) is 21.6 Å². The minimum atomic E-state index is -3.55. The zero-order valence-corrected chi connectivity index (χ0v) is 14.6. The molecule has 0 saturated carbocycles. The molecular formula is C14H17N7O3S. The van der Waals surface area contributed by atoms with Gasteiger partial charge >= 0.3 is 0 Å². The second-order valence-electron chi connectivity index (χ2n) is 5.85. The highest BCUT2D eigenvalue weighted by Gasteiger charge is 2.23. The number of ether oxygens (including phenoxy) is 1. The fraction of sp³-hybridized carbons (Fsp3) is 0.429. The van der Waals surface area contributed by atoms with Crippen molar-refractivity contribution in [2.24, 2.45) is 7.05 Å². The van der Waals surface area contributed by atoms with Gasteiger partial charge in [0.25, 0.3) is 5.16 Å². The van der Waals surface area contributed by atoms with E-state index in [9.17, 15) is 8.42 Å². The average molecular weight is 363 g/mol. The van der Waals surface area contributed by atoms with E-state index in [1.54, 1.807) is 15.3 Å². The number of nitrogens with zero attached hydrogens (tertiary/aromatic N) is 7. The van der Waals surface area contributed by atoms with E-state index in [1.807, 2.05) is 24.2 Å². The maximum absolute atomic E-state index is 12.0. The van der Waals surface area contributed by atoms with Crippen molar-refractivity contribution in [2.45, 2.75) is 5.16 Å². The van der Waals surface area contributed by atoms with Gasteiger partial charge in [-0.3, -0.25) is 4.68 Å². The molecule has 0 atom stereocenters. The van der Waals surface area contributed by atoms with Crippen molar-refractivity contribution < 1.29 is 13.2 Å². The molecule has 10 nitrogen and oxygen atoms in total. The number of aromatic nitrogens is 6. The van der Waals surface area contributed by atoms with Crippen LogP contribution < -0.4 is 4.90 Å². The number of sulfone groups is 1. The van der Waals surface area contributed by atoms with Gasteiger partial charge in [0.05, 0.1) is 13.2 Å². The molecule has 1 aliphatic rings. The summed E-state index contributed by atoms with van der Waals surface area (Å²) in [4.78, 5) is 10.4. The predicted molar refractivity (Wildman–Crippen MR) is 89.1 cm³/mol. The first-order valence-electron chi connectivity index (χ1n) is 7.72. The lowest BCUT2D eigenvalue weighted by atomic mass is 10.3. The van der Waals surface area contributed by atoms with Crippen molar-refractivity contribution in [3.63, 3.8) is 0 Å². The largest absolute Gasteiger partial charge is 0.378 e. The van der Waals surface area contributed by atoms with Gasteiger partial charge in [-0.1, -0.05) is 0 Å². The molecule has 11 heteroatoms. The molecule has 4 rings (SSSR count). The summed E-state index contributed by atoms with van der Waals surface area (Å²) in [6, 6.07) is 3.55. The second kappa shape index (κ2) is 5.77. The first-order chi connectivity index (χ1) is 11.9. The number of morpholine rings is 1. The number of rotatable bonds is 3. The molecule has 0 spiro atoms. The third-order valence-electron chi connectivity index (χ3n) is 3.89. The molecule has 0 aromatic carbocycles. The highest BCUT2D eigenvalue weighted by atomic mass is 32.2. The van der Waals surface area contributed by atoms with Crippen LogP contribution in [0.15, 0.2) is 23.5 Å². The number of hydrogen-bond acceptors (Lipinski definition) is 8. The van der Waals surface area contributed by atoms with Gasteiger partial charge in [-0.05, 0) is 6.07 Å². The summed E-state index contributed by atoms with van der Waals surface area (Å²) in [6.07, 6.45) is 2.91. The summed E-state index contributed by atoms with van der Waals surface area (Å²) >= 11 is 0. The summed E-state index contributed by atoms with van der Waals surface area (Å²) in [7, 11) is -1.73. The van der Waals surface area contributed by atoms with E-state index in [0.717, 1.165) is 6.26 Å². The van der Waals surface area contributed by atoms with Gasteiger partial charge in [-0.2, -0.15) is 24.7 Å². The van der Waals surface area contributed by atoms with E-state index >= 15 is 0 Å². The lowest BCUT2D eigenvalue weighted by molar-refractivity contribution is 0.121. The fourth-order valence-electron chi connectivity index (χ4n) is 2.66. The Labute approximate surface area is 144 Å². The standard InChI is InChI=1S/C14H17N7O3S/c1-19-4-3-10(17-19)11-9-12-15-13(25(2,22)23)16-14(21(12)18-11)20-5-7-24-8-6-20/h3-4,9H,5-8H2,1-2H3. The summed E-state index contributed by atoms with van der Waals surface area (Å²) in [6.45, 7) is 2.31. The molecule has 3 aromatic heterocycles. The van der Waals surface area contributed by atoms with E-state index in [1.165, 1.54) is 0 Å². The van der Waals surface area contributed by atoms with Crippen LogP contribution in [0.2, 0.25) is 0 Å². The lowest BCUT2D eigenvalue weighted by Gasteiger charge is -2.27. The molecule has 0 radical (unpaired) electrons. The van der Waals surface area contributed by atoms with Crippen molar-refractivity contribution in [2.75, 3.05) is 37.5 Å². The lowest BCUT2D eigenvalue weighted by Crippen LogP contribution is -2.38. The van der Waals surface area contributed by atoms with E-state index in [4.69, 9.17) is 4.74 Å². The van der Waals surface area contributed by atoms with Gasteiger partial charge < -0.3 is 9.64 Å². The Morgan fingerprint density at radius 1 is 1.12 bits per heavy atom. The predicted octanol–water partition coefficient (Wildman–Crippen LogP) is -0.235. The van der Waals surface area contributed by atoms with E-state index < -0.39 is 9.84 Å². The zero-order chi connectivity index (χ0) is 17.6. The van der Waals surface area contributed by atoms with E-state index in [0.29, 0.717) is 49.3 Å². The zero-order valence-electron chi connectivity index (χ0n) is 13.8. The van der Waals surface area contributed by atoms with Crippen LogP contribution in [0.25, 0.3) is 17.0 Å². The first-order valence-corrected chi connectivity index (χ1v) is 9.61. The van der Waals surface area contributed by atoms with Gasteiger partial charge in [0.2, 0.25) is 15.8 Å². The van der Waals surface area contributed by atoms with Gasteiger partial charge in [0, 0.05) is 38.7 Å². The van der Waals surface area contributed by atoms with Gasteiger partial charge in [0.1, 0.15) is 11.4 Å². The number of anilines is 1. The van der Waals surface area contributed by atoms with Gasteiger partial charge in [-0.25, -0.2) is 8.42 Å². The Bertz CT molecular complexity index is 1030. The number of aryl methyl sites for hydroxylation is 1. The molecule has 0 bridgehead atoms. The van der Waals surface area contributed by atoms with E-state index in [2.05, 4.69) is 20.2 Å². The molecule has 0 unspecified atom stereocenters. The molecule has 4 heterocycles. The maximum Gasteiger partial charge on any atom is 0.252 e. The van der Waals surface area contributed by atoms with E-state index in [-0.39, 0.29) is 5.16 Å². The molecular weight excluding hydrogens is 346 g/mol. The van der Waals surface area contributed by atoms with Crippen LogP contribution in [0.3, 0.4) is 0 Å². The third kappa shape index (κ3) is 2.96. The van der Waals surface area contributed by atoms with Crippen molar-refractivity contribution in [3.8, 4) is 11.4 Å². The fourth-order valence-corrected chi connectivity index (χ4v) is 3.17. The molecule has 3 aromatic rings. The topological polar surface area (TPSA) is 108 Å². The van der Waals surface area contributed by atoms with Crippen molar-refractivity contribution in [3.05, 3.63) is 18.3 Å². The summed E-state index contributed by atoms with van der Waals surface area (Å²) in [5.74, 6) is 0.441.